The van der Waals surface area contributed by atoms with Gasteiger partial charge in [-0.1, -0.05) is 30.3 Å². The molecule has 0 saturated carbocycles. The number of rotatable bonds is 5. The lowest BCUT2D eigenvalue weighted by atomic mass is 10.2. The van der Waals surface area contributed by atoms with Crippen LogP contribution in [0.15, 0.2) is 81.7 Å². The van der Waals surface area contributed by atoms with Gasteiger partial charge in [0.2, 0.25) is 5.55 Å². The number of hydrogen-bond acceptors (Lipinski definition) is 6. The van der Waals surface area contributed by atoms with E-state index in [1.165, 1.54) is 0 Å². The molecule has 0 radical (unpaired) electrons. The lowest BCUT2D eigenvalue weighted by Gasteiger charge is -2.24. The maximum absolute atomic E-state index is 12.3. The Morgan fingerprint density at radius 3 is 2.57 bits per heavy atom. The van der Waals surface area contributed by atoms with Crippen LogP contribution in [0, 0.1) is 0 Å². The lowest BCUT2D eigenvalue weighted by molar-refractivity contribution is 0.500. The summed E-state index contributed by atoms with van der Waals surface area (Å²) in [5, 5.41) is 1.88. The van der Waals surface area contributed by atoms with Crippen LogP contribution < -0.4 is 26.1 Å². The third kappa shape index (κ3) is 3.77. The Kier molecular flexibility index (Phi) is 4.62. The third-order valence-corrected chi connectivity index (χ3v) is 5.26. The number of anilines is 2. The predicted octanol–water partition coefficient (Wildman–Crippen LogP) is 1.81. The smallest absolute Gasteiger partial charge is 0.255 e. The van der Waals surface area contributed by atoms with Crippen LogP contribution in [0.25, 0.3) is 11.9 Å². The topological polar surface area (TPSA) is 101 Å². The van der Waals surface area contributed by atoms with Crippen LogP contribution in [0.5, 0.6) is 0 Å². The average Bonchev–Trinajstić information content (AvgIpc) is 3.18. The second-order valence-electron chi connectivity index (χ2n) is 6.16. The average molecular weight is 394 g/mol. The zero-order valence-corrected chi connectivity index (χ0v) is 15.6. The van der Waals surface area contributed by atoms with Gasteiger partial charge >= 0.3 is 0 Å². The monoisotopic (exact) mass is 394 g/mol. The van der Waals surface area contributed by atoms with Gasteiger partial charge in [0.05, 0.1) is 16.9 Å². The maximum atomic E-state index is 12.3. The molecule has 0 fully saturated rings. The van der Waals surface area contributed by atoms with E-state index in [2.05, 4.69) is 9.71 Å². The summed E-state index contributed by atoms with van der Waals surface area (Å²) in [4.78, 5) is 6.16. The molecule has 0 bridgehead atoms. The van der Waals surface area contributed by atoms with Crippen molar-refractivity contribution >= 4 is 33.3 Å². The molecule has 0 amide bonds. The van der Waals surface area contributed by atoms with Gasteiger partial charge in [-0.05, 0) is 42.0 Å². The number of sulfonamides is 1. The van der Waals surface area contributed by atoms with Gasteiger partial charge in [-0.25, -0.2) is 13.4 Å². The minimum absolute atomic E-state index is 0.331. The normalized spacial score (nSPS) is 14.0. The molecule has 4 rings (SSSR count). The third-order valence-electron chi connectivity index (χ3n) is 4.25. The molecule has 142 valence electrons. The van der Waals surface area contributed by atoms with Crippen molar-refractivity contribution in [2.75, 3.05) is 16.3 Å². The van der Waals surface area contributed by atoms with Crippen LogP contribution in [-0.4, -0.2) is 15.1 Å². The minimum Gasteiger partial charge on any atom is -0.446 e. The first-order chi connectivity index (χ1) is 13.5. The largest absolute Gasteiger partial charge is 0.446 e. The second kappa shape index (κ2) is 7.24. The highest BCUT2D eigenvalue weighted by Gasteiger charge is 2.15. The van der Waals surface area contributed by atoms with E-state index in [0.717, 1.165) is 21.9 Å². The molecule has 2 heterocycles. The van der Waals surface area contributed by atoms with Crippen molar-refractivity contribution in [1.82, 2.24) is 0 Å². The molecule has 0 saturated heterocycles. The molecule has 3 N–H and O–H groups in total. The summed E-state index contributed by atoms with van der Waals surface area (Å²) in [6.07, 6.45) is 3.09. The molecule has 3 aromatic rings. The number of furan rings is 1. The highest BCUT2D eigenvalue weighted by molar-refractivity contribution is 7.95. The first-order valence-electron chi connectivity index (χ1n) is 8.53. The number of benzene rings is 2. The fraction of sp³-hybridized carbons (Fsp3) is 0.0500. The van der Waals surface area contributed by atoms with Gasteiger partial charge in [0.25, 0.3) is 10.0 Å². The van der Waals surface area contributed by atoms with Crippen molar-refractivity contribution in [3.8, 4) is 0 Å². The molecule has 2 aromatic carbocycles. The van der Waals surface area contributed by atoms with E-state index in [4.69, 9.17) is 10.2 Å². The summed E-state index contributed by atoms with van der Waals surface area (Å²) in [5.74, 6) is 0.540. The molecule has 28 heavy (non-hydrogen) atoms. The van der Waals surface area contributed by atoms with Crippen LogP contribution in [0.4, 0.5) is 11.4 Å². The summed E-state index contributed by atoms with van der Waals surface area (Å²) in [5.41, 5.74) is 8.79. The fourth-order valence-corrected chi connectivity index (χ4v) is 3.70. The van der Waals surface area contributed by atoms with Crippen molar-refractivity contribution in [2.24, 2.45) is 10.7 Å². The van der Waals surface area contributed by atoms with Crippen LogP contribution in [-0.2, 0) is 10.0 Å². The minimum atomic E-state index is -3.62. The fourth-order valence-electron chi connectivity index (χ4n) is 2.84. The number of nitrogens with zero attached hydrogens (tertiary/aromatic N) is 2. The molecule has 8 heteroatoms. The molecule has 7 nitrogen and oxygen atoms in total. The molecular weight excluding hydrogens is 376 g/mol. The van der Waals surface area contributed by atoms with Gasteiger partial charge < -0.3 is 15.1 Å². The molecule has 1 aliphatic heterocycles. The van der Waals surface area contributed by atoms with E-state index < -0.39 is 10.0 Å². The Bertz CT molecular complexity index is 1230. The van der Waals surface area contributed by atoms with Gasteiger partial charge in [-0.15, -0.1) is 0 Å². The van der Waals surface area contributed by atoms with Gasteiger partial charge in [0.15, 0.2) is 0 Å². The molecule has 1 aromatic heterocycles. The quantitative estimate of drug-likeness (QED) is 0.687. The molecule has 0 atom stereocenters. The van der Waals surface area contributed by atoms with Crippen molar-refractivity contribution in [3.05, 3.63) is 88.7 Å². The van der Waals surface area contributed by atoms with Crippen LogP contribution in [0.2, 0.25) is 0 Å². The number of nitrogens with one attached hydrogen (secondary N) is 1. The maximum Gasteiger partial charge on any atom is 0.255 e. The van der Waals surface area contributed by atoms with Crippen molar-refractivity contribution in [3.63, 3.8) is 0 Å². The first-order valence-corrected chi connectivity index (χ1v) is 10.1. The molecular formula is C20H18N4O3S. The van der Waals surface area contributed by atoms with E-state index in [0.29, 0.717) is 23.7 Å². The molecule has 0 aliphatic carbocycles. The Morgan fingerprint density at radius 1 is 1.07 bits per heavy atom. The van der Waals surface area contributed by atoms with Gasteiger partial charge in [0, 0.05) is 11.4 Å². The highest BCUT2D eigenvalue weighted by atomic mass is 32.2. The standard InChI is InChI=1S/C20H18N4O3S/c21-19-18-10-12-27-20(18)22-14-24(19)17-8-6-16(7-9-17)23-28(25,26)13-11-15-4-2-1-3-5-15/h1-13,23H,14,21H2/b13-11+. The summed E-state index contributed by atoms with van der Waals surface area (Å²) in [7, 11) is -3.62. The number of nitrogens with two attached hydrogens (primary N) is 1. The lowest BCUT2D eigenvalue weighted by Crippen LogP contribution is -2.42. The highest BCUT2D eigenvalue weighted by Crippen LogP contribution is 2.21. The summed E-state index contributed by atoms with van der Waals surface area (Å²) >= 11 is 0. The SMILES string of the molecule is NC1=c2ccoc2=NCN1c1ccc(NS(=O)(=O)/C=C/c2ccccc2)cc1. The second-order valence-corrected chi connectivity index (χ2v) is 7.73. The zero-order chi connectivity index (χ0) is 19.6. The van der Waals surface area contributed by atoms with E-state index >= 15 is 0 Å². The van der Waals surface area contributed by atoms with Crippen LogP contribution in [0.3, 0.4) is 0 Å². The number of hydrogen-bond donors (Lipinski definition) is 2. The van der Waals surface area contributed by atoms with E-state index in [1.807, 2.05) is 35.2 Å². The van der Waals surface area contributed by atoms with Crippen molar-refractivity contribution in [1.29, 1.82) is 0 Å². The molecule has 1 aliphatic rings. The van der Waals surface area contributed by atoms with E-state index in [9.17, 15) is 8.42 Å². The Morgan fingerprint density at radius 2 is 1.82 bits per heavy atom. The van der Waals surface area contributed by atoms with Gasteiger partial charge in [-0.2, -0.15) is 0 Å². The van der Waals surface area contributed by atoms with Crippen molar-refractivity contribution < 1.29 is 12.8 Å². The Hall–Kier alpha value is -3.52. The first kappa shape index (κ1) is 17.9. The Labute approximate surface area is 162 Å². The summed E-state index contributed by atoms with van der Waals surface area (Å²) in [6.45, 7) is 0.331. The van der Waals surface area contributed by atoms with E-state index in [1.54, 1.807) is 42.7 Å². The van der Waals surface area contributed by atoms with Crippen LogP contribution >= 0.6 is 0 Å². The number of fused-ring (bicyclic) bond motifs is 1. The zero-order valence-electron chi connectivity index (χ0n) is 14.8. The predicted molar refractivity (Wildman–Crippen MR) is 109 cm³/mol. The van der Waals surface area contributed by atoms with Gasteiger partial charge in [-0.3, -0.25) is 4.72 Å². The molecule has 0 spiro atoms. The summed E-state index contributed by atoms with van der Waals surface area (Å²) in [6, 6.07) is 17.9. The van der Waals surface area contributed by atoms with Crippen LogP contribution in [0.1, 0.15) is 5.56 Å². The van der Waals surface area contributed by atoms with E-state index in [-0.39, 0.29) is 0 Å². The molecule has 0 unspecified atom stereocenters. The van der Waals surface area contributed by atoms with Gasteiger partial charge in [0.1, 0.15) is 12.5 Å². The summed E-state index contributed by atoms with van der Waals surface area (Å²) < 4.78 is 32.3. The van der Waals surface area contributed by atoms with Crippen molar-refractivity contribution in [2.45, 2.75) is 0 Å². The Balaban J connectivity index is 1.50.